The van der Waals surface area contributed by atoms with E-state index < -0.39 is 11.8 Å². The van der Waals surface area contributed by atoms with Crippen LogP contribution < -0.4 is 5.32 Å². The molecule has 4 aromatic rings. The highest BCUT2D eigenvalue weighted by Gasteiger charge is 2.43. The molecule has 1 aliphatic heterocycles. The Morgan fingerprint density at radius 3 is 2.48 bits per heavy atom. The van der Waals surface area contributed by atoms with Crippen LogP contribution in [0, 0.1) is 11.7 Å². The van der Waals surface area contributed by atoms with Crippen LogP contribution in [-0.2, 0) is 29.0 Å². The normalized spacial score (nSPS) is 17.2. The van der Waals surface area contributed by atoms with Gasteiger partial charge in [-0.05, 0) is 82.5 Å². The molecule has 0 saturated heterocycles. The molecule has 212 valence electrons. The molecule has 0 unspecified atom stereocenters. The van der Waals surface area contributed by atoms with E-state index in [1.165, 1.54) is 30.9 Å². The molecular weight excluding hydrogens is 531 g/mol. The van der Waals surface area contributed by atoms with Gasteiger partial charge in [0, 0.05) is 31.1 Å². The summed E-state index contributed by atoms with van der Waals surface area (Å²) in [5.74, 6) is -0.888. The molecule has 6 rings (SSSR count). The molecule has 1 saturated carbocycles. The fraction of sp³-hybridized carbons (Fsp3) is 0.229. The van der Waals surface area contributed by atoms with Crippen molar-refractivity contribution in [1.29, 1.82) is 0 Å². The number of benzene rings is 4. The van der Waals surface area contributed by atoms with Gasteiger partial charge < -0.3 is 15.0 Å². The lowest BCUT2D eigenvalue weighted by Gasteiger charge is -2.32. The molecule has 1 aliphatic carbocycles. The summed E-state index contributed by atoms with van der Waals surface area (Å²) in [6.45, 7) is 1.13. The number of halogens is 1. The van der Waals surface area contributed by atoms with E-state index in [0.29, 0.717) is 37.2 Å². The van der Waals surface area contributed by atoms with Gasteiger partial charge in [-0.15, -0.1) is 0 Å². The Morgan fingerprint density at radius 1 is 0.905 bits per heavy atom. The van der Waals surface area contributed by atoms with E-state index in [2.05, 4.69) is 17.4 Å². The van der Waals surface area contributed by atoms with Gasteiger partial charge in [-0.3, -0.25) is 9.59 Å². The van der Waals surface area contributed by atoms with E-state index >= 15 is 0 Å². The van der Waals surface area contributed by atoms with Gasteiger partial charge in [-0.1, -0.05) is 60.7 Å². The van der Waals surface area contributed by atoms with Crippen LogP contribution >= 0.6 is 0 Å². The van der Waals surface area contributed by atoms with Gasteiger partial charge in [0.1, 0.15) is 5.82 Å². The van der Waals surface area contributed by atoms with Crippen molar-refractivity contribution in [2.24, 2.45) is 5.92 Å². The summed E-state index contributed by atoms with van der Waals surface area (Å²) in [6.07, 6.45) is 1.41. The molecule has 4 aromatic carbocycles. The fourth-order valence-electron chi connectivity index (χ4n) is 5.95. The number of rotatable bonds is 7. The Balaban J connectivity index is 1.28. The van der Waals surface area contributed by atoms with Crippen LogP contribution in [0.15, 0.2) is 91.0 Å². The highest BCUT2D eigenvalue weighted by atomic mass is 19.1. The number of fused-ring (bicyclic) bond motifs is 1. The first-order valence-corrected chi connectivity index (χ1v) is 14.1. The number of nitrogens with zero attached hydrogens (tertiary/aromatic N) is 1. The number of hydrogen-bond donors (Lipinski definition) is 1. The fourth-order valence-corrected chi connectivity index (χ4v) is 5.95. The van der Waals surface area contributed by atoms with Crippen molar-refractivity contribution in [2.75, 3.05) is 13.7 Å². The second-order valence-corrected chi connectivity index (χ2v) is 10.9. The number of amides is 2. The molecule has 6 nitrogen and oxygen atoms in total. The highest BCUT2D eigenvalue weighted by Crippen LogP contribution is 2.47. The minimum Gasteiger partial charge on any atom is -0.465 e. The Morgan fingerprint density at radius 2 is 1.69 bits per heavy atom. The van der Waals surface area contributed by atoms with Crippen molar-refractivity contribution in [3.8, 4) is 11.1 Å². The predicted molar refractivity (Wildman–Crippen MR) is 157 cm³/mol. The van der Waals surface area contributed by atoms with E-state index in [-0.39, 0.29) is 23.7 Å². The standard InChI is InChI=1S/C35H31FN2O4/c1-42-35(41)25-11-5-9-23(17-25)28-14-13-26(20-37-33(39)31-19-30(31)22-7-3-2-4-8-22)32-21-38(16-15-29(28)32)34(40)24-10-6-12-27(36)18-24/h2-14,17-18,30-31H,15-16,19-21H2,1H3,(H,37,39)/t30-,31+/m0/s1. The van der Waals surface area contributed by atoms with Gasteiger partial charge in [-0.25, -0.2) is 9.18 Å². The highest BCUT2D eigenvalue weighted by molar-refractivity contribution is 5.94. The summed E-state index contributed by atoms with van der Waals surface area (Å²) >= 11 is 0. The molecule has 7 heteroatoms. The second-order valence-electron chi connectivity index (χ2n) is 10.9. The number of carbonyl (C=O) groups is 3. The molecule has 1 heterocycles. The first-order chi connectivity index (χ1) is 20.4. The zero-order chi connectivity index (χ0) is 29.2. The molecule has 0 aromatic heterocycles. The van der Waals surface area contributed by atoms with Gasteiger partial charge in [-0.2, -0.15) is 0 Å². The smallest absolute Gasteiger partial charge is 0.337 e. The Hall–Kier alpha value is -4.78. The lowest BCUT2D eigenvalue weighted by molar-refractivity contribution is -0.122. The van der Waals surface area contributed by atoms with E-state index in [0.717, 1.165) is 34.2 Å². The number of esters is 1. The lowest BCUT2D eigenvalue weighted by atomic mass is 9.87. The van der Waals surface area contributed by atoms with Crippen LogP contribution in [-0.4, -0.2) is 36.3 Å². The zero-order valence-corrected chi connectivity index (χ0v) is 23.3. The minimum atomic E-state index is -0.455. The summed E-state index contributed by atoms with van der Waals surface area (Å²) in [6, 6.07) is 27.1. The third-order valence-electron chi connectivity index (χ3n) is 8.27. The van der Waals surface area contributed by atoms with Crippen molar-refractivity contribution < 1.29 is 23.5 Å². The Bertz CT molecular complexity index is 1670. The molecule has 2 aliphatic rings. The van der Waals surface area contributed by atoms with Crippen LogP contribution in [0.3, 0.4) is 0 Å². The van der Waals surface area contributed by atoms with Crippen molar-refractivity contribution in [3.63, 3.8) is 0 Å². The topological polar surface area (TPSA) is 75.7 Å². The summed E-state index contributed by atoms with van der Waals surface area (Å²) in [4.78, 5) is 40.4. The quantitative estimate of drug-likeness (QED) is 0.285. The SMILES string of the molecule is COC(=O)c1cccc(-c2ccc(CNC(=O)[C@@H]3C[C@H]3c3ccccc3)c3c2CCN(C(=O)c2cccc(F)c2)C3)c1. The summed E-state index contributed by atoms with van der Waals surface area (Å²) in [5, 5.41) is 3.13. The van der Waals surface area contributed by atoms with Gasteiger partial charge >= 0.3 is 5.97 Å². The van der Waals surface area contributed by atoms with E-state index in [1.807, 2.05) is 48.5 Å². The maximum Gasteiger partial charge on any atom is 0.337 e. The third kappa shape index (κ3) is 5.55. The molecular formula is C35H31FN2O4. The number of ether oxygens (including phenoxy) is 1. The summed E-state index contributed by atoms with van der Waals surface area (Å²) in [5.41, 5.74) is 6.74. The maximum absolute atomic E-state index is 13.9. The van der Waals surface area contributed by atoms with Crippen LogP contribution in [0.1, 0.15) is 55.3 Å². The maximum atomic E-state index is 13.9. The minimum absolute atomic E-state index is 0.0240. The molecule has 0 spiro atoms. The zero-order valence-electron chi connectivity index (χ0n) is 23.3. The van der Waals surface area contributed by atoms with Crippen molar-refractivity contribution in [2.45, 2.75) is 31.8 Å². The number of nitrogens with one attached hydrogen (secondary N) is 1. The molecule has 2 atom stereocenters. The van der Waals surface area contributed by atoms with Crippen LogP contribution in [0.5, 0.6) is 0 Å². The predicted octanol–water partition coefficient (Wildman–Crippen LogP) is 5.90. The Kier molecular flexibility index (Phi) is 7.57. The summed E-state index contributed by atoms with van der Waals surface area (Å²) < 4.78 is 18.8. The average molecular weight is 563 g/mol. The number of methoxy groups -OCH3 is 1. The van der Waals surface area contributed by atoms with E-state index in [9.17, 15) is 18.8 Å². The molecule has 0 radical (unpaired) electrons. The average Bonchev–Trinajstić information content (AvgIpc) is 3.84. The van der Waals surface area contributed by atoms with Crippen molar-refractivity contribution in [1.82, 2.24) is 10.2 Å². The van der Waals surface area contributed by atoms with Crippen LogP contribution in [0.25, 0.3) is 11.1 Å². The van der Waals surface area contributed by atoms with Gasteiger partial charge in [0.05, 0.1) is 12.7 Å². The van der Waals surface area contributed by atoms with Gasteiger partial charge in [0.2, 0.25) is 5.91 Å². The third-order valence-corrected chi connectivity index (χ3v) is 8.27. The molecule has 1 fully saturated rings. The largest absolute Gasteiger partial charge is 0.465 e. The van der Waals surface area contributed by atoms with E-state index in [1.54, 1.807) is 17.0 Å². The first kappa shape index (κ1) is 27.4. The molecule has 1 N–H and O–H groups in total. The lowest BCUT2D eigenvalue weighted by Crippen LogP contribution is -2.37. The Labute approximate surface area is 244 Å². The molecule has 2 amide bonds. The number of hydrogen-bond acceptors (Lipinski definition) is 4. The second kappa shape index (κ2) is 11.6. The monoisotopic (exact) mass is 562 g/mol. The van der Waals surface area contributed by atoms with Crippen LogP contribution in [0.4, 0.5) is 4.39 Å². The number of carbonyl (C=O) groups excluding carboxylic acids is 3. The van der Waals surface area contributed by atoms with Gasteiger partial charge in [0.25, 0.3) is 5.91 Å². The van der Waals surface area contributed by atoms with Gasteiger partial charge in [0.15, 0.2) is 0 Å². The van der Waals surface area contributed by atoms with Crippen LogP contribution in [0.2, 0.25) is 0 Å². The first-order valence-electron chi connectivity index (χ1n) is 14.1. The molecule has 0 bridgehead atoms. The van der Waals surface area contributed by atoms with Crippen molar-refractivity contribution in [3.05, 3.63) is 130 Å². The summed E-state index contributed by atoms with van der Waals surface area (Å²) in [7, 11) is 1.36. The van der Waals surface area contributed by atoms with E-state index in [4.69, 9.17) is 4.74 Å². The molecule has 42 heavy (non-hydrogen) atoms. The van der Waals surface area contributed by atoms with Crippen molar-refractivity contribution >= 4 is 17.8 Å².